The van der Waals surface area contributed by atoms with Crippen molar-refractivity contribution in [2.24, 2.45) is 0 Å². The average Bonchev–Trinajstić information content (AvgIpc) is 2.93. The standard InChI is InChI=1S/C19H24N6O3/c1-4-10-24-13(3)16(12(2)22-24)21-19(28)20-9-11-25-18(27)15-8-6-5-7-14(15)17(26)23-25/h5-8H,4,9-11H2,1-3H3,(H,23,26)(H2,20,21,28). The van der Waals surface area contributed by atoms with Crippen LogP contribution < -0.4 is 21.8 Å². The first kappa shape index (κ1) is 19.4. The minimum absolute atomic E-state index is 0.152. The Labute approximate surface area is 161 Å². The fraction of sp³-hybridized carbons (Fsp3) is 0.368. The van der Waals surface area contributed by atoms with Crippen LogP contribution in [0.4, 0.5) is 10.5 Å². The number of nitrogens with zero attached hydrogens (tertiary/aromatic N) is 3. The van der Waals surface area contributed by atoms with Crippen LogP contribution in [0.2, 0.25) is 0 Å². The maximum Gasteiger partial charge on any atom is 0.319 e. The predicted molar refractivity (Wildman–Crippen MR) is 108 cm³/mol. The van der Waals surface area contributed by atoms with Crippen molar-refractivity contribution < 1.29 is 4.79 Å². The zero-order valence-corrected chi connectivity index (χ0v) is 16.2. The highest BCUT2D eigenvalue weighted by Crippen LogP contribution is 2.19. The number of amides is 2. The largest absolute Gasteiger partial charge is 0.336 e. The number of carbonyl (C=O) groups is 1. The number of rotatable bonds is 6. The molecule has 148 valence electrons. The monoisotopic (exact) mass is 384 g/mol. The maximum atomic E-state index is 12.5. The molecule has 3 N–H and O–H groups in total. The molecule has 0 saturated heterocycles. The van der Waals surface area contributed by atoms with Crippen LogP contribution in [-0.4, -0.2) is 32.1 Å². The molecule has 0 atom stereocenters. The summed E-state index contributed by atoms with van der Waals surface area (Å²) in [7, 11) is 0. The van der Waals surface area contributed by atoms with Crippen molar-refractivity contribution in [2.75, 3.05) is 11.9 Å². The van der Waals surface area contributed by atoms with Crippen LogP contribution in [0.15, 0.2) is 33.9 Å². The molecule has 0 aliphatic heterocycles. The van der Waals surface area contributed by atoms with Gasteiger partial charge in [0.25, 0.3) is 11.1 Å². The van der Waals surface area contributed by atoms with Crippen LogP contribution in [0.1, 0.15) is 24.7 Å². The molecule has 3 rings (SSSR count). The number of hydrogen-bond donors (Lipinski definition) is 3. The van der Waals surface area contributed by atoms with Crippen molar-refractivity contribution in [1.82, 2.24) is 24.9 Å². The van der Waals surface area contributed by atoms with Crippen molar-refractivity contribution in [3.8, 4) is 0 Å². The van der Waals surface area contributed by atoms with E-state index >= 15 is 0 Å². The third-order valence-corrected chi connectivity index (χ3v) is 4.56. The topological polar surface area (TPSA) is 114 Å². The number of aromatic nitrogens is 4. The molecule has 9 nitrogen and oxygen atoms in total. The lowest BCUT2D eigenvalue weighted by molar-refractivity contribution is 0.251. The molecular weight excluding hydrogens is 360 g/mol. The van der Waals surface area contributed by atoms with E-state index in [0.717, 1.165) is 24.4 Å². The first-order chi connectivity index (χ1) is 13.4. The van der Waals surface area contributed by atoms with Gasteiger partial charge in [0.1, 0.15) is 0 Å². The number of benzene rings is 1. The molecule has 0 fully saturated rings. The van der Waals surface area contributed by atoms with Crippen LogP contribution in [0.3, 0.4) is 0 Å². The minimum Gasteiger partial charge on any atom is -0.336 e. The summed E-state index contributed by atoms with van der Waals surface area (Å²) >= 11 is 0. The fourth-order valence-corrected chi connectivity index (χ4v) is 3.15. The minimum atomic E-state index is -0.390. The van der Waals surface area contributed by atoms with Crippen molar-refractivity contribution in [2.45, 2.75) is 40.3 Å². The van der Waals surface area contributed by atoms with Gasteiger partial charge < -0.3 is 10.6 Å². The molecule has 0 unspecified atom stereocenters. The molecule has 0 spiro atoms. The Hall–Kier alpha value is -3.36. The molecule has 0 bridgehead atoms. The summed E-state index contributed by atoms with van der Waals surface area (Å²) in [4.78, 5) is 36.8. The highest BCUT2D eigenvalue weighted by molar-refractivity contribution is 5.90. The zero-order chi connectivity index (χ0) is 20.3. The zero-order valence-electron chi connectivity index (χ0n) is 16.2. The van der Waals surface area contributed by atoms with Gasteiger partial charge in [-0.05, 0) is 32.4 Å². The predicted octanol–water partition coefficient (Wildman–Crippen LogP) is 1.73. The Morgan fingerprint density at radius 2 is 1.86 bits per heavy atom. The van der Waals surface area contributed by atoms with Gasteiger partial charge in [-0.3, -0.25) is 19.4 Å². The number of nitrogens with one attached hydrogen (secondary N) is 3. The Kier molecular flexibility index (Phi) is 5.62. The van der Waals surface area contributed by atoms with Crippen LogP contribution in [0, 0.1) is 13.8 Å². The number of H-pyrrole nitrogens is 1. The lowest BCUT2D eigenvalue weighted by Crippen LogP contribution is -2.36. The molecule has 28 heavy (non-hydrogen) atoms. The van der Waals surface area contributed by atoms with Gasteiger partial charge >= 0.3 is 6.03 Å². The van der Waals surface area contributed by atoms with Crippen molar-refractivity contribution >= 4 is 22.5 Å². The second kappa shape index (κ2) is 8.12. The Morgan fingerprint density at radius 3 is 2.57 bits per heavy atom. The summed E-state index contributed by atoms with van der Waals surface area (Å²) in [6.07, 6.45) is 0.951. The van der Waals surface area contributed by atoms with Gasteiger partial charge in [-0.1, -0.05) is 19.1 Å². The van der Waals surface area contributed by atoms with Crippen LogP contribution in [-0.2, 0) is 13.1 Å². The van der Waals surface area contributed by atoms with Crippen LogP contribution in [0.5, 0.6) is 0 Å². The van der Waals surface area contributed by atoms with Crippen molar-refractivity contribution in [3.05, 3.63) is 56.4 Å². The average molecular weight is 384 g/mol. The summed E-state index contributed by atoms with van der Waals surface area (Å²) in [5, 5.41) is 13.2. The Balaban J connectivity index is 1.65. The highest BCUT2D eigenvalue weighted by Gasteiger charge is 2.13. The van der Waals surface area contributed by atoms with Gasteiger partial charge in [-0.15, -0.1) is 0 Å². The van der Waals surface area contributed by atoms with Gasteiger partial charge in [0.15, 0.2) is 0 Å². The van der Waals surface area contributed by atoms with E-state index in [0.29, 0.717) is 16.5 Å². The second-order valence-electron chi connectivity index (χ2n) is 6.59. The Morgan fingerprint density at radius 1 is 1.14 bits per heavy atom. The summed E-state index contributed by atoms with van der Waals surface area (Å²) in [5.74, 6) is 0. The molecule has 0 aliphatic carbocycles. The van der Waals surface area contributed by atoms with Gasteiger partial charge in [0.2, 0.25) is 0 Å². The normalized spacial score (nSPS) is 11.0. The quantitative estimate of drug-likeness (QED) is 0.600. The van der Waals surface area contributed by atoms with Crippen molar-refractivity contribution in [1.29, 1.82) is 0 Å². The third-order valence-electron chi connectivity index (χ3n) is 4.56. The molecule has 3 aromatic rings. The maximum absolute atomic E-state index is 12.5. The highest BCUT2D eigenvalue weighted by atomic mass is 16.2. The summed E-state index contributed by atoms with van der Waals surface area (Å²) in [5.41, 5.74) is 1.68. The number of hydrogen-bond acceptors (Lipinski definition) is 4. The van der Waals surface area contributed by atoms with E-state index in [1.165, 1.54) is 4.68 Å². The number of urea groups is 1. The summed E-state index contributed by atoms with van der Waals surface area (Å²) in [6.45, 7) is 6.93. The SMILES string of the molecule is CCCn1nc(C)c(NC(=O)NCCn2[nH]c(=O)c3ccccc3c2=O)c1C. The molecule has 1 aromatic carbocycles. The van der Waals surface area contributed by atoms with Gasteiger partial charge in [-0.2, -0.15) is 5.10 Å². The van der Waals surface area contributed by atoms with E-state index in [-0.39, 0.29) is 24.2 Å². The van der Waals surface area contributed by atoms with Crippen molar-refractivity contribution in [3.63, 3.8) is 0 Å². The molecule has 2 amide bonds. The Bertz CT molecular complexity index is 1120. The number of anilines is 1. The summed E-state index contributed by atoms with van der Waals surface area (Å²) in [6, 6.07) is 6.25. The molecule has 2 heterocycles. The van der Waals surface area contributed by atoms with E-state index in [2.05, 4.69) is 27.8 Å². The van der Waals surface area contributed by atoms with Crippen LogP contribution >= 0.6 is 0 Å². The fourth-order valence-electron chi connectivity index (χ4n) is 3.15. The number of aromatic amines is 1. The first-order valence-corrected chi connectivity index (χ1v) is 9.23. The van der Waals surface area contributed by atoms with E-state index in [4.69, 9.17) is 0 Å². The number of carbonyl (C=O) groups excluding carboxylic acids is 1. The number of aryl methyl sites for hydroxylation is 2. The molecular formula is C19H24N6O3. The smallest absolute Gasteiger partial charge is 0.319 e. The molecule has 0 radical (unpaired) electrons. The van der Waals surface area contributed by atoms with Gasteiger partial charge in [0.05, 0.1) is 34.4 Å². The van der Waals surface area contributed by atoms with Gasteiger partial charge in [0, 0.05) is 13.1 Å². The van der Waals surface area contributed by atoms with E-state index < -0.39 is 6.03 Å². The summed E-state index contributed by atoms with van der Waals surface area (Å²) < 4.78 is 3.07. The molecule has 0 saturated carbocycles. The van der Waals surface area contributed by atoms with Gasteiger partial charge in [-0.25, -0.2) is 9.48 Å². The first-order valence-electron chi connectivity index (χ1n) is 9.23. The lowest BCUT2D eigenvalue weighted by atomic mass is 10.2. The van der Waals surface area contributed by atoms with Crippen LogP contribution in [0.25, 0.3) is 10.8 Å². The van der Waals surface area contributed by atoms with E-state index in [1.54, 1.807) is 24.3 Å². The molecule has 0 aliphatic rings. The lowest BCUT2D eigenvalue weighted by Gasteiger charge is -2.10. The third kappa shape index (κ3) is 3.83. The molecule has 9 heteroatoms. The van der Waals surface area contributed by atoms with E-state index in [9.17, 15) is 14.4 Å². The van der Waals surface area contributed by atoms with E-state index in [1.807, 2.05) is 18.5 Å². The second-order valence-corrected chi connectivity index (χ2v) is 6.59. The number of fused-ring (bicyclic) bond motifs is 1. The molecule has 2 aromatic heterocycles.